The Hall–Kier alpha value is -1.85. The molecule has 1 aromatic carbocycles. The highest BCUT2D eigenvalue weighted by Crippen LogP contribution is 2.46. The summed E-state index contributed by atoms with van der Waals surface area (Å²) in [4.78, 5) is 11.1. The van der Waals surface area contributed by atoms with Gasteiger partial charge >= 0.3 is 23.9 Å². The van der Waals surface area contributed by atoms with Gasteiger partial charge in [0.25, 0.3) is 0 Å². The second-order valence-electron chi connectivity index (χ2n) is 5.19. The molecular formula is C14H12BrF7N2O2. The van der Waals surface area contributed by atoms with Crippen molar-refractivity contribution in [1.29, 1.82) is 0 Å². The minimum absolute atomic E-state index is 0.152. The lowest BCUT2D eigenvalue weighted by Crippen LogP contribution is -2.58. The molecular weight excluding hydrogens is 441 g/mol. The van der Waals surface area contributed by atoms with Crippen LogP contribution >= 0.6 is 15.9 Å². The van der Waals surface area contributed by atoms with E-state index in [9.17, 15) is 35.5 Å². The highest BCUT2D eigenvalue weighted by molar-refractivity contribution is 9.10. The third kappa shape index (κ3) is 4.86. The monoisotopic (exact) mass is 452 g/mol. The number of ether oxygens (including phenoxy) is 1. The summed E-state index contributed by atoms with van der Waals surface area (Å²) in [5, 5.41) is 3.01. The number of carbonyl (C=O) groups is 1. The van der Waals surface area contributed by atoms with Crippen molar-refractivity contribution < 1.29 is 40.3 Å². The predicted molar refractivity (Wildman–Crippen MR) is 81.6 cm³/mol. The summed E-state index contributed by atoms with van der Waals surface area (Å²) in [6.07, 6.45) is -6.13. The molecule has 0 aliphatic carbocycles. The van der Waals surface area contributed by atoms with Crippen molar-refractivity contribution in [3.63, 3.8) is 0 Å². The molecule has 1 N–H and O–H groups in total. The van der Waals surface area contributed by atoms with Crippen LogP contribution in [0.4, 0.5) is 30.7 Å². The van der Waals surface area contributed by atoms with Crippen LogP contribution in [0.2, 0.25) is 0 Å². The second kappa shape index (κ2) is 7.80. The van der Waals surface area contributed by atoms with E-state index < -0.39 is 23.9 Å². The molecule has 0 saturated heterocycles. The van der Waals surface area contributed by atoms with Crippen LogP contribution in [-0.2, 0) is 4.79 Å². The van der Waals surface area contributed by atoms with Crippen LogP contribution in [0, 0.1) is 0 Å². The fourth-order valence-electron chi connectivity index (χ4n) is 1.53. The van der Waals surface area contributed by atoms with E-state index in [0.29, 0.717) is 4.47 Å². The fourth-order valence-corrected chi connectivity index (χ4v) is 1.91. The van der Waals surface area contributed by atoms with E-state index in [2.05, 4.69) is 21.0 Å². The number of nitrogens with zero attached hydrogens (tertiary/aromatic N) is 1. The van der Waals surface area contributed by atoms with Gasteiger partial charge in [-0.15, -0.1) is 0 Å². The molecule has 1 aromatic rings. The molecule has 0 atom stereocenters. The SMILES string of the molecule is CC(C)Oc1ccc(Br)cc1/C=N\NC(=O)C(F)(F)C(F)(F)C(F)(F)F. The Bertz CT molecular complexity index is 690. The van der Waals surface area contributed by atoms with Gasteiger partial charge in [0, 0.05) is 10.0 Å². The number of carbonyl (C=O) groups excluding carboxylic acids is 1. The molecule has 4 nitrogen and oxygen atoms in total. The summed E-state index contributed by atoms with van der Waals surface area (Å²) in [6, 6.07) is 4.45. The molecule has 0 aliphatic heterocycles. The van der Waals surface area contributed by atoms with Crippen molar-refractivity contribution in [2.24, 2.45) is 5.10 Å². The quantitative estimate of drug-likeness (QED) is 0.392. The Labute approximate surface area is 151 Å². The Morgan fingerprint density at radius 3 is 2.27 bits per heavy atom. The number of benzene rings is 1. The first kappa shape index (κ1) is 22.2. The zero-order valence-corrected chi connectivity index (χ0v) is 14.8. The largest absolute Gasteiger partial charge is 0.490 e. The molecule has 12 heteroatoms. The Morgan fingerprint density at radius 2 is 1.77 bits per heavy atom. The van der Waals surface area contributed by atoms with E-state index in [1.807, 2.05) is 0 Å². The second-order valence-corrected chi connectivity index (χ2v) is 6.11. The minimum Gasteiger partial charge on any atom is -0.490 e. The summed E-state index contributed by atoms with van der Waals surface area (Å²) in [5.74, 6) is -15.3. The van der Waals surface area contributed by atoms with Crippen molar-refractivity contribution in [2.75, 3.05) is 0 Å². The number of hydrogen-bond donors (Lipinski definition) is 1. The normalized spacial score (nSPS) is 13.3. The molecule has 0 bridgehead atoms. The zero-order chi connectivity index (χ0) is 20.3. The Balaban J connectivity index is 2.99. The molecule has 0 heterocycles. The lowest BCUT2D eigenvalue weighted by atomic mass is 10.1. The van der Waals surface area contributed by atoms with Crippen LogP contribution in [-0.4, -0.2) is 36.2 Å². The molecule has 0 radical (unpaired) electrons. The maximum absolute atomic E-state index is 13.1. The van der Waals surface area contributed by atoms with Gasteiger partial charge in [-0.05, 0) is 32.0 Å². The number of amides is 1. The number of halogens is 8. The van der Waals surface area contributed by atoms with E-state index >= 15 is 0 Å². The van der Waals surface area contributed by atoms with E-state index in [1.54, 1.807) is 19.9 Å². The molecule has 146 valence electrons. The van der Waals surface area contributed by atoms with Crippen molar-refractivity contribution in [2.45, 2.75) is 38.0 Å². The maximum atomic E-state index is 13.1. The maximum Gasteiger partial charge on any atom is 0.460 e. The topological polar surface area (TPSA) is 50.7 Å². The summed E-state index contributed by atoms with van der Waals surface area (Å²) in [5.41, 5.74) is 1.13. The number of alkyl halides is 7. The average molecular weight is 453 g/mol. The summed E-state index contributed by atoms with van der Waals surface area (Å²) in [6.45, 7) is 3.37. The first-order chi connectivity index (χ1) is 11.7. The van der Waals surface area contributed by atoms with Gasteiger partial charge in [0.1, 0.15) is 5.75 Å². The number of rotatable bonds is 6. The smallest absolute Gasteiger partial charge is 0.460 e. The number of hydrogen-bond acceptors (Lipinski definition) is 3. The van der Waals surface area contributed by atoms with Crippen LogP contribution in [0.5, 0.6) is 5.75 Å². The fraction of sp³-hybridized carbons (Fsp3) is 0.429. The molecule has 0 aromatic heterocycles. The molecule has 1 amide bonds. The van der Waals surface area contributed by atoms with Crippen LogP contribution in [0.3, 0.4) is 0 Å². The third-order valence-electron chi connectivity index (χ3n) is 2.74. The highest BCUT2D eigenvalue weighted by atomic mass is 79.9. The highest BCUT2D eigenvalue weighted by Gasteiger charge is 2.76. The summed E-state index contributed by atoms with van der Waals surface area (Å²) < 4.78 is 93.8. The van der Waals surface area contributed by atoms with Gasteiger partial charge in [0.2, 0.25) is 0 Å². The van der Waals surface area contributed by atoms with Gasteiger partial charge in [-0.25, -0.2) is 5.43 Å². The first-order valence-corrected chi connectivity index (χ1v) is 7.61. The lowest BCUT2D eigenvalue weighted by Gasteiger charge is -2.26. The zero-order valence-electron chi connectivity index (χ0n) is 13.2. The third-order valence-corrected chi connectivity index (χ3v) is 3.23. The number of nitrogens with one attached hydrogen (secondary N) is 1. The van der Waals surface area contributed by atoms with Crippen LogP contribution < -0.4 is 10.2 Å². The minimum atomic E-state index is -6.61. The molecule has 0 spiro atoms. The molecule has 0 fully saturated rings. The summed E-state index contributed by atoms with van der Waals surface area (Å²) >= 11 is 3.11. The molecule has 1 rings (SSSR count). The molecule has 0 unspecified atom stereocenters. The summed E-state index contributed by atoms with van der Waals surface area (Å²) in [7, 11) is 0. The number of hydrazone groups is 1. The van der Waals surface area contributed by atoms with E-state index in [1.165, 1.54) is 12.1 Å². The van der Waals surface area contributed by atoms with Crippen LogP contribution in [0.25, 0.3) is 0 Å². The molecule has 0 saturated carbocycles. The Kier molecular flexibility index (Phi) is 6.66. The Morgan fingerprint density at radius 1 is 1.19 bits per heavy atom. The van der Waals surface area contributed by atoms with Gasteiger partial charge in [-0.2, -0.15) is 35.8 Å². The standard InChI is InChI=1S/C14H12BrF7N2O2/c1-7(2)26-10-4-3-9(15)5-8(10)6-23-24-11(25)12(16,17)13(18,19)14(20,21)22/h3-7H,1-2H3,(H,24,25)/b23-6-. The van der Waals surface area contributed by atoms with Gasteiger partial charge in [-0.1, -0.05) is 15.9 Å². The van der Waals surface area contributed by atoms with E-state index in [4.69, 9.17) is 4.74 Å². The van der Waals surface area contributed by atoms with Crippen LogP contribution in [0.1, 0.15) is 19.4 Å². The molecule has 26 heavy (non-hydrogen) atoms. The van der Waals surface area contributed by atoms with Crippen molar-refractivity contribution in [3.8, 4) is 5.75 Å². The van der Waals surface area contributed by atoms with E-state index in [0.717, 1.165) is 11.6 Å². The lowest BCUT2D eigenvalue weighted by molar-refractivity contribution is -0.344. The van der Waals surface area contributed by atoms with Gasteiger partial charge < -0.3 is 4.74 Å². The van der Waals surface area contributed by atoms with E-state index in [-0.39, 0.29) is 17.4 Å². The van der Waals surface area contributed by atoms with Crippen molar-refractivity contribution >= 4 is 28.1 Å². The van der Waals surface area contributed by atoms with Crippen molar-refractivity contribution in [1.82, 2.24) is 5.43 Å². The van der Waals surface area contributed by atoms with Crippen molar-refractivity contribution in [3.05, 3.63) is 28.2 Å². The van der Waals surface area contributed by atoms with Gasteiger partial charge in [-0.3, -0.25) is 4.79 Å². The van der Waals surface area contributed by atoms with Gasteiger partial charge in [0.15, 0.2) is 0 Å². The van der Waals surface area contributed by atoms with Crippen LogP contribution in [0.15, 0.2) is 27.8 Å². The average Bonchev–Trinajstić information content (AvgIpc) is 2.47. The first-order valence-electron chi connectivity index (χ1n) is 6.82. The molecule has 0 aliphatic rings. The van der Waals surface area contributed by atoms with Gasteiger partial charge in [0.05, 0.1) is 12.3 Å². The predicted octanol–water partition coefficient (Wildman–Crippen LogP) is 4.52.